The first-order chi connectivity index (χ1) is 19.0. The number of aryl methyl sites for hydroxylation is 1. The van der Waals surface area contributed by atoms with E-state index in [4.69, 9.17) is 4.74 Å². The van der Waals surface area contributed by atoms with Gasteiger partial charge in [0.25, 0.3) is 0 Å². The topological polar surface area (TPSA) is 58.6 Å². The van der Waals surface area contributed by atoms with Crippen LogP contribution in [0.2, 0.25) is 0 Å². The Morgan fingerprint density at radius 1 is 0.949 bits per heavy atom. The number of hydrogen-bond acceptors (Lipinski definition) is 3. The first-order valence-electron chi connectivity index (χ1n) is 14.1. The van der Waals surface area contributed by atoms with Gasteiger partial charge in [0.15, 0.2) is 0 Å². The number of amides is 2. The van der Waals surface area contributed by atoms with Gasteiger partial charge in [-0.3, -0.25) is 9.59 Å². The molecule has 4 rings (SSSR count). The fraction of sp³-hybridized carbons (Fsp3) is 0.394. The van der Waals surface area contributed by atoms with E-state index in [0.717, 1.165) is 47.0 Å². The Morgan fingerprint density at radius 2 is 1.67 bits per heavy atom. The van der Waals surface area contributed by atoms with Crippen molar-refractivity contribution in [1.29, 1.82) is 0 Å². The van der Waals surface area contributed by atoms with Crippen molar-refractivity contribution in [3.05, 3.63) is 100 Å². The SMILES string of the molecule is Cc1ccc(OCCCC(=O)N(Cc2cccc(Br)c2)[C@H](Cc2ccccc2)C(=O)NC2CCCCC2)cc1. The molecule has 0 unspecified atom stereocenters. The quantitative estimate of drug-likeness (QED) is 0.231. The van der Waals surface area contributed by atoms with Gasteiger partial charge in [0.1, 0.15) is 11.8 Å². The standard InChI is InChI=1S/C33H39BrN2O3/c1-25-17-19-30(20-18-25)39-21-9-16-32(37)36(24-27-12-8-13-28(34)22-27)31(23-26-10-4-2-5-11-26)33(38)35-29-14-6-3-7-15-29/h2,4-5,8,10-13,17-20,22,29,31H,3,6-7,9,14-16,21,23-24H2,1H3,(H,35,38)/t31-/m1/s1. The molecule has 3 aromatic carbocycles. The first-order valence-corrected chi connectivity index (χ1v) is 14.8. The van der Waals surface area contributed by atoms with E-state index in [9.17, 15) is 9.59 Å². The highest BCUT2D eigenvalue weighted by atomic mass is 79.9. The third-order valence-corrected chi connectivity index (χ3v) is 7.78. The summed E-state index contributed by atoms with van der Waals surface area (Å²) in [4.78, 5) is 29.4. The van der Waals surface area contributed by atoms with Gasteiger partial charge in [-0.2, -0.15) is 0 Å². The lowest BCUT2D eigenvalue weighted by atomic mass is 9.94. The molecule has 39 heavy (non-hydrogen) atoms. The molecule has 5 nitrogen and oxygen atoms in total. The average molecular weight is 592 g/mol. The normalized spacial score (nSPS) is 14.4. The Kier molecular flexibility index (Phi) is 11.0. The van der Waals surface area contributed by atoms with Crippen LogP contribution in [-0.4, -0.2) is 35.4 Å². The number of ether oxygens (including phenoxy) is 1. The molecule has 0 aromatic heterocycles. The maximum atomic E-state index is 13.8. The number of carbonyl (C=O) groups is 2. The van der Waals surface area contributed by atoms with Crippen LogP contribution >= 0.6 is 15.9 Å². The molecule has 1 N–H and O–H groups in total. The van der Waals surface area contributed by atoms with Crippen molar-refractivity contribution in [2.75, 3.05) is 6.61 Å². The van der Waals surface area contributed by atoms with E-state index in [0.29, 0.717) is 32.4 Å². The number of rotatable bonds is 12. The number of hydrogen-bond donors (Lipinski definition) is 1. The van der Waals surface area contributed by atoms with Crippen LogP contribution in [0.3, 0.4) is 0 Å². The first kappa shape index (κ1) is 28.9. The van der Waals surface area contributed by atoms with Crippen molar-refractivity contribution in [3.63, 3.8) is 0 Å². The minimum Gasteiger partial charge on any atom is -0.494 e. The summed E-state index contributed by atoms with van der Waals surface area (Å²) >= 11 is 3.55. The lowest BCUT2D eigenvalue weighted by Crippen LogP contribution is -2.52. The maximum absolute atomic E-state index is 13.8. The smallest absolute Gasteiger partial charge is 0.243 e. The molecule has 1 atom stereocenters. The second kappa shape index (κ2) is 14.9. The molecule has 0 heterocycles. The van der Waals surface area contributed by atoms with Gasteiger partial charge in [0.2, 0.25) is 11.8 Å². The van der Waals surface area contributed by atoms with E-state index in [1.165, 1.54) is 12.0 Å². The molecule has 0 aliphatic heterocycles. The predicted octanol–water partition coefficient (Wildman–Crippen LogP) is 7.01. The largest absolute Gasteiger partial charge is 0.494 e. The van der Waals surface area contributed by atoms with E-state index in [-0.39, 0.29) is 17.9 Å². The van der Waals surface area contributed by atoms with Gasteiger partial charge in [-0.25, -0.2) is 0 Å². The fourth-order valence-electron chi connectivity index (χ4n) is 5.12. The van der Waals surface area contributed by atoms with Gasteiger partial charge >= 0.3 is 0 Å². The molecular formula is C33H39BrN2O3. The Bertz CT molecular complexity index is 1190. The highest BCUT2D eigenvalue weighted by Crippen LogP contribution is 2.21. The van der Waals surface area contributed by atoms with Crippen LogP contribution in [0.4, 0.5) is 0 Å². The fourth-order valence-corrected chi connectivity index (χ4v) is 5.57. The Balaban J connectivity index is 1.51. The van der Waals surface area contributed by atoms with E-state index in [1.807, 2.05) is 85.8 Å². The second-order valence-corrected chi connectivity index (χ2v) is 11.4. The zero-order chi connectivity index (χ0) is 27.5. The van der Waals surface area contributed by atoms with Crippen LogP contribution in [0.1, 0.15) is 61.6 Å². The molecule has 6 heteroatoms. The van der Waals surface area contributed by atoms with Crippen molar-refractivity contribution in [1.82, 2.24) is 10.2 Å². The van der Waals surface area contributed by atoms with Crippen LogP contribution in [-0.2, 0) is 22.6 Å². The van der Waals surface area contributed by atoms with Crippen molar-refractivity contribution in [2.24, 2.45) is 0 Å². The Morgan fingerprint density at radius 3 is 2.38 bits per heavy atom. The van der Waals surface area contributed by atoms with Crippen molar-refractivity contribution < 1.29 is 14.3 Å². The molecule has 0 bridgehead atoms. The molecule has 206 valence electrons. The van der Waals surface area contributed by atoms with Gasteiger partial charge in [-0.15, -0.1) is 0 Å². The zero-order valence-corrected chi connectivity index (χ0v) is 24.4. The molecule has 0 spiro atoms. The molecule has 2 amide bonds. The predicted molar refractivity (Wildman–Crippen MR) is 160 cm³/mol. The number of nitrogens with zero attached hydrogens (tertiary/aromatic N) is 1. The summed E-state index contributed by atoms with van der Waals surface area (Å²) in [6.45, 7) is 2.85. The monoisotopic (exact) mass is 590 g/mol. The molecule has 1 aliphatic rings. The van der Waals surface area contributed by atoms with Crippen LogP contribution in [0.25, 0.3) is 0 Å². The van der Waals surface area contributed by atoms with Crippen LogP contribution in [0.5, 0.6) is 5.75 Å². The maximum Gasteiger partial charge on any atom is 0.243 e. The minimum atomic E-state index is -0.598. The molecule has 1 saturated carbocycles. The Hall–Kier alpha value is -3.12. The van der Waals surface area contributed by atoms with Crippen LogP contribution in [0.15, 0.2) is 83.3 Å². The van der Waals surface area contributed by atoms with E-state index in [2.05, 4.69) is 21.2 Å². The van der Waals surface area contributed by atoms with Crippen LogP contribution in [0, 0.1) is 6.92 Å². The van der Waals surface area contributed by atoms with E-state index < -0.39 is 6.04 Å². The molecule has 0 saturated heterocycles. The summed E-state index contributed by atoms with van der Waals surface area (Å²) in [5, 5.41) is 3.30. The number of halogens is 1. The van der Waals surface area contributed by atoms with E-state index in [1.54, 1.807) is 4.90 Å². The zero-order valence-electron chi connectivity index (χ0n) is 22.8. The molecule has 0 radical (unpaired) electrons. The number of nitrogens with one attached hydrogen (secondary N) is 1. The lowest BCUT2D eigenvalue weighted by molar-refractivity contribution is -0.141. The minimum absolute atomic E-state index is 0.0396. The Labute approximate surface area is 241 Å². The summed E-state index contributed by atoms with van der Waals surface area (Å²) in [7, 11) is 0. The highest BCUT2D eigenvalue weighted by Gasteiger charge is 2.31. The van der Waals surface area contributed by atoms with Crippen molar-refractivity contribution in [3.8, 4) is 5.75 Å². The van der Waals surface area contributed by atoms with Gasteiger partial charge in [0, 0.05) is 29.9 Å². The van der Waals surface area contributed by atoms with Crippen molar-refractivity contribution >= 4 is 27.7 Å². The molecule has 3 aromatic rings. The molecule has 1 aliphatic carbocycles. The van der Waals surface area contributed by atoms with Gasteiger partial charge < -0.3 is 15.0 Å². The number of carbonyl (C=O) groups excluding carboxylic acids is 2. The summed E-state index contributed by atoms with van der Waals surface area (Å²) in [5.74, 6) is 0.695. The number of benzene rings is 3. The average Bonchev–Trinajstić information content (AvgIpc) is 2.95. The summed E-state index contributed by atoms with van der Waals surface area (Å²) in [5.41, 5.74) is 3.20. The second-order valence-electron chi connectivity index (χ2n) is 10.5. The molecule has 1 fully saturated rings. The summed E-state index contributed by atoms with van der Waals surface area (Å²) in [6, 6.07) is 25.4. The van der Waals surface area contributed by atoms with Gasteiger partial charge in [-0.1, -0.05) is 95.4 Å². The van der Waals surface area contributed by atoms with Gasteiger partial charge in [-0.05, 0) is 61.6 Å². The summed E-state index contributed by atoms with van der Waals surface area (Å²) in [6.07, 6.45) is 6.84. The molecular weight excluding hydrogens is 552 g/mol. The summed E-state index contributed by atoms with van der Waals surface area (Å²) < 4.78 is 6.82. The third kappa shape index (κ3) is 9.24. The highest BCUT2D eigenvalue weighted by molar-refractivity contribution is 9.10. The third-order valence-electron chi connectivity index (χ3n) is 7.29. The van der Waals surface area contributed by atoms with Crippen molar-refractivity contribution in [2.45, 2.75) is 76.9 Å². The lowest BCUT2D eigenvalue weighted by Gasteiger charge is -2.33. The van der Waals surface area contributed by atoms with E-state index >= 15 is 0 Å². The van der Waals surface area contributed by atoms with Gasteiger partial charge in [0.05, 0.1) is 6.61 Å². The van der Waals surface area contributed by atoms with Crippen LogP contribution < -0.4 is 10.1 Å².